The second kappa shape index (κ2) is 4.09. The lowest BCUT2D eigenvalue weighted by Crippen LogP contribution is -2.49. The number of nitrogens with one attached hydrogen (secondary N) is 1. The first-order chi connectivity index (χ1) is 5.24. The molecular weight excluding hydrogens is 139 g/mol. The summed E-state index contributed by atoms with van der Waals surface area (Å²) < 4.78 is 0. The van der Waals surface area contributed by atoms with Gasteiger partial charge in [-0.15, -0.1) is 0 Å². The maximum atomic E-state index is 9.29. The van der Waals surface area contributed by atoms with Crippen LogP contribution in [0.3, 0.4) is 0 Å². The van der Waals surface area contributed by atoms with E-state index in [4.69, 9.17) is 0 Å². The average Bonchev–Trinajstić information content (AvgIpc) is 2.05. The number of nitrogens with zero attached hydrogens (tertiary/aromatic N) is 1. The van der Waals surface area contributed by atoms with Crippen molar-refractivity contribution < 1.29 is 5.02 Å². The van der Waals surface area contributed by atoms with E-state index in [1.807, 2.05) is 13.9 Å². The molecule has 1 rings (SSSR count). The van der Waals surface area contributed by atoms with Crippen LogP contribution in [0.4, 0.5) is 0 Å². The highest BCUT2D eigenvalue weighted by molar-refractivity contribution is 6.45. The summed E-state index contributed by atoms with van der Waals surface area (Å²) in [5.41, 5.74) is 0. The van der Waals surface area contributed by atoms with E-state index in [1.165, 1.54) is 12.8 Å². The normalized spacial score (nSPS) is 27.0. The minimum atomic E-state index is -0.286. The third-order valence-electron chi connectivity index (χ3n) is 2.39. The first-order valence-corrected chi connectivity index (χ1v) is 4.33. The first-order valence-electron chi connectivity index (χ1n) is 4.33. The first kappa shape index (κ1) is 9.04. The number of hydrogen-bond donors (Lipinski definition) is 2. The molecule has 1 aliphatic heterocycles. The Balaban J connectivity index is 2.33. The summed E-state index contributed by atoms with van der Waals surface area (Å²) in [6, 6.07) is 0.568. The fourth-order valence-corrected chi connectivity index (χ4v) is 1.58. The van der Waals surface area contributed by atoms with Gasteiger partial charge in [0.2, 0.25) is 0 Å². The summed E-state index contributed by atoms with van der Waals surface area (Å²) >= 11 is 0. The lowest BCUT2D eigenvalue weighted by Gasteiger charge is -2.33. The van der Waals surface area contributed by atoms with Crippen molar-refractivity contribution in [1.29, 1.82) is 0 Å². The molecule has 4 heteroatoms. The molecule has 0 aromatic rings. The summed E-state index contributed by atoms with van der Waals surface area (Å²) in [6.45, 7) is 3.85. The maximum absolute atomic E-state index is 9.29. The number of rotatable bonds is 2. The van der Waals surface area contributed by atoms with E-state index in [2.05, 4.69) is 10.1 Å². The van der Waals surface area contributed by atoms with Crippen molar-refractivity contribution in [3.63, 3.8) is 0 Å². The Hall–Kier alpha value is -0.0551. The predicted octanol–water partition coefficient (Wildman–Crippen LogP) is -0.220. The Kier molecular flexibility index (Phi) is 3.36. The molecule has 1 saturated heterocycles. The van der Waals surface area contributed by atoms with Gasteiger partial charge in [0.05, 0.1) is 0 Å². The van der Waals surface area contributed by atoms with Crippen LogP contribution in [0.2, 0.25) is 6.82 Å². The van der Waals surface area contributed by atoms with Crippen LogP contribution in [0.5, 0.6) is 0 Å². The Morgan fingerprint density at radius 1 is 1.64 bits per heavy atom. The largest absolute Gasteiger partial charge is 0.437 e. The number of hydrogen-bond acceptors (Lipinski definition) is 3. The minimum absolute atomic E-state index is 0.286. The van der Waals surface area contributed by atoms with Crippen molar-refractivity contribution in [1.82, 2.24) is 10.1 Å². The number of likely N-dealkylation sites (N-methyl/N-ethyl adjacent to an activating group) is 1. The van der Waals surface area contributed by atoms with Crippen molar-refractivity contribution in [3.05, 3.63) is 0 Å². The van der Waals surface area contributed by atoms with Gasteiger partial charge in [-0.1, -0.05) is 0 Å². The van der Waals surface area contributed by atoms with Crippen molar-refractivity contribution in [2.45, 2.75) is 25.7 Å². The molecule has 0 radical (unpaired) electrons. The molecule has 0 aromatic carbocycles. The zero-order valence-corrected chi connectivity index (χ0v) is 7.38. The van der Waals surface area contributed by atoms with Crippen molar-refractivity contribution in [2.24, 2.45) is 0 Å². The van der Waals surface area contributed by atoms with Crippen molar-refractivity contribution >= 4 is 7.05 Å². The van der Waals surface area contributed by atoms with Gasteiger partial charge >= 0.3 is 7.05 Å². The molecule has 3 nitrogen and oxygen atoms in total. The molecule has 1 fully saturated rings. The zero-order valence-electron chi connectivity index (χ0n) is 7.38. The summed E-state index contributed by atoms with van der Waals surface area (Å²) in [5, 5.41) is 12.5. The summed E-state index contributed by atoms with van der Waals surface area (Å²) in [4.78, 5) is 2.10. The molecule has 11 heavy (non-hydrogen) atoms. The molecule has 0 unspecified atom stereocenters. The summed E-state index contributed by atoms with van der Waals surface area (Å²) in [7, 11) is 1.70. The topological polar surface area (TPSA) is 35.5 Å². The molecule has 0 bridgehead atoms. The molecule has 1 heterocycles. The molecular formula is C7H17BN2O. The smallest absolute Gasteiger partial charge is 0.376 e. The fourth-order valence-electron chi connectivity index (χ4n) is 1.58. The second-order valence-corrected chi connectivity index (χ2v) is 3.25. The van der Waals surface area contributed by atoms with Crippen LogP contribution in [0.25, 0.3) is 0 Å². The third kappa shape index (κ3) is 2.47. The molecule has 1 aliphatic rings. The van der Waals surface area contributed by atoms with E-state index >= 15 is 0 Å². The van der Waals surface area contributed by atoms with Gasteiger partial charge in [0.1, 0.15) is 0 Å². The second-order valence-electron chi connectivity index (χ2n) is 3.25. The third-order valence-corrected chi connectivity index (χ3v) is 2.39. The van der Waals surface area contributed by atoms with Crippen LogP contribution in [0.1, 0.15) is 12.8 Å². The molecule has 0 aromatic heterocycles. The van der Waals surface area contributed by atoms with E-state index in [0.29, 0.717) is 6.04 Å². The highest BCUT2D eigenvalue weighted by Gasteiger charge is 2.23. The Morgan fingerprint density at radius 2 is 2.36 bits per heavy atom. The Bertz CT molecular complexity index is 121. The van der Waals surface area contributed by atoms with Gasteiger partial charge in [0.25, 0.3) is 0 Å². The maximum Gasteiger partial charge on any atom is 0.376 e. The molecule has 1 atom stereocenters. The SMILES string of the molecule is CN[C@@H]1CCCN(B(C)O)C1. The van der Waals surface area contributed by atoms with Crippen molar-refractivity contribution in [2.75, 3.05) is 20.1 Å². The molecule has 0 spiro atoms. The van der Waals surface area contributed by atoms with E-state index in [-0.39, 0.29) is 7.05 Å². The number of piperidine rings is 1. The van der Waals surface area contributed by atoms with Gasteiger partial charge in [-0.05, 0) is 33.3 Å². The van der Waals surface area contributed by atoms with Crippen molar-refractivity contribution in [3.8, 4) is 0 Å². The van der Waals surface area contributed by atoms with E-state index in [9.17, 15) is 5.02 Å². The van der Waals surface area contributed by atoms with Gasteiger partial charge in [0, 0.05) is 12.6 Å². The van der Waals surface area contributed by atoms with E-state index in [1.54, 1.807) is 0 Å². The van der Waals surface area contributed by atoms with Gasteiger partial charge in [0.15, 0.2) is 0 Å². The molecule has 0 aliphatic carbocycles. The Labute approximate surface area is 68.9 Å². The van der Waals surface area contributed by atoms with Gasteiger partial charge in [-0.3, -0.25) is 0 Å². The van der Waals surface area contributed by atoms with E-state index < -0.39 is 0 Å². The van der Waals surface area contributed by atoms with Crippen LogP contribution < -0.4 is 5.32 Å². The lowest BCUT2D eigenvalue weighted by atomic mass is 9.82. The average molecular weight is 156 g/mol. The van der Waals surface area contributed by atoms with Gasteiger partial charge < -0.3 is 15.2 Å². The molecule has 0 amide bonds. The molecule has 64 valence electrons. The standard InChI is InChI=1S/C7H17BN2O/c1-8(11)10-5-3-4-7(6-10)9-2/h7,9,11H,3-6H2,1-2H3/t7-/m1/s1. The highest BCUT2D eigenvalue weighted by Crippen LogP contribution is 2.09. The Morgan fingerprint density at radius 3 is 2.91 bits per heavy atom. The van der Waals surface area contributed by atoms with E-state index in [0.717, 1.165) is 13.1 Å². The molecule has 0 saturated carbocycles. The monoisotopic (exact) mass is 156 g/mol. The van der Waals surface area contributed by atoms with Gasteiger partial charge in [-0.2, -0.15) is 0 Å². The lowest BCUT2D eigenvalue weighted by molar-refractivity contribution is 0.266. The van der Waals surface area contributed by atoms with Crippen LogP contribution in [-0.2, 0) is 0 Å². The van der Waals surface area contributed by atoms with Gasteiger partial charge in [-0.25, -0.2) is 0 Å². The van der Waals surface area contributed by atoms with Crippen LogP contribution in [0, 0.1) is 0 Å². The predicted molar refractivity (Wildman–Crippen MR) is 47.5 cm³/mol. The van der Waals surface area contributed by atoms with Crippen LogP contribution in [-0.4, -0.2) is 43.1 Å². The zero-order chi connectivity index (χ0) is 8.27. The van der Waals surface area contributed by atoms with Crippen LogP contribution >= 0.6 is 0 Å². The summed E-state index contributed by atoms with van der Waals surface area (Å²) in [6.07, 6.45) is 2.43. The quantitative estimate of drug-likeness (QED) is 0.542. The van der Waals surface area contributed by atoms with Crippen LogP contribution in [0.15, 0.2) is 0 Å². The fraction of sp³-hybridized carbons (Fsp3) is 1.00. The highest BCUT2D eigenvalue weighted by atomic mass is 16.2. The summed E-state index contributed by atoms with van der Waals surface area (Å²) in [5.74, 6) is 0. The minimum Gasteiger partial charge on any atom is -0.437 e. The molecule has 2 N–H and O–H groups in total.